The van der Waals surface area contributed by atoms with Gasteiger partial charge in [-0.1, -0.05) is 72.8 Å². The zero-order chi connectivity index (χ0) is 46.2. The molecule has 1 amide bonds. The number of hydrogen-bond donors (Lipinski definition) is 4. The van der Waals surface area contributed by atoms with Gasteiger partial charge in [0.05, 0.1) is 53.1 Å². The van der Waals surface area contributed by atoms with Gasteiger partial charge in [0.15, 0.2) is 0 Å². The lowest BCUT2D eigenvalue weighted by atomic mass is 10.1. The first kappa shape index (κ1) is 44.5. The molecule has 0 fully saturated rings. The number of likely N-dealkylation sites (N-methyl/N-ethyl adjacent to an activating group) is 1. The SMILES string of the molecule is CC(=O)Nc1cc(COCCCC(=O)OC(=O)CCOc2cc(Nc3c4ccccc4nc4ccccc34)cc(N(C)C(C)C(=O)O)c2)cc(Nc2c3ccccc3nc3ccccc23)c1. The molecule has 0 bridgehead atoms. The Kier molecular flexibility index (Phi) is 13.6. The van der Waals surface area contributed by atoms with Crippen molar-refractivity contribution in [2.45, 2.75) is 45.8 Å². The van der Waals surface area contributed by atoms with Crippen LogP contribution in [0.4, 0.5) is 34.1 Å². The molecule has 8 aromatic rings. The number of ether oxygens (including phenoxy) is 3. The average Bonchev–Trinajstić information content (AvgIpc) is 3.30. The summed E-state index contributed by atoms with van der Waals surface area (Å²) in [6, 6.07) is 41.4. The number of amides is 1. The lowest BCUT2D eigenvalue weighted by Gasteiger charge is -2.25. The Morgan fingerprint density at radius 1 is 0.636 bits per heavy atom. The van der Waals surface area contributed by atoms with Gasteiger partial charge in [-0.25, -0.2) is 14.8 Å². The van der Waals surface area contributed by atoms with Crippen molar-refractivity contribution in [1.82, 2.24) is 9.97 Å². The van der Waals surface area contributed by atoms with Crippen molar-refractivity contribution >= 4 is 102 Å². The zero-order valence-corrected chi connectivity index (χ0v) is 36.7. The molecule has 0 spiro atoms. The molecule has 334 valence electrons. The standard InChI is InChI=1S/C52H48N6O8/c1-32(52(62)63)58(3)38-28-37(55-51-42-15-6-10-19-46(42)57-47-20-11-7-16-43(47)51)29-39(30-38)65-24-22-49(61)66-48(60)21-12-23-64-31-34-25-35(53-33(2)59)27-36(26-34)54-50-40-13-4-8-17-44(40)56-45-18-9-5-14-41(45)50/h4-11,13-20,25-30,32H,12,21-24,31H2,1-3H3,(H,53,59)(H,54,56)(H,55,57)(H,62,63). The molecule has 8 rings (SSSR count). The van der Waals surface area contributed by atoms with Crippen LogP contribution in [0.15, 0.2) is 133 Å². The second-order valence-electron chi connectivity index (χ2n) is 15.8. The Bertz CT molecular complexity index is 3010. The highest BCUT2D eigenvalue weighted by Crippen LogP contribution is 2.37. The van der Waals surface area contributed by atoms with E-state index in [1.54, 1.807) is 31.0 Å². The van der Waals surface area contributed by atoms with E-state index in [2.05, 4.69) is 16.0 Å². The van der Waals surface area contributed by atoms with E-state index in [1.807, 2.05) is 121 Å². The predicted octanol–water partition coefficient (Wildman–Crippen LogP) is 10.3. The fourth-order valence-electron chi connectivity index (χ4n) is 7.68. The number of aliphatic carboxylic acids is 1. The van der Waals surface area contributed by atoms with E-state index >= 15 is 0 Å². The van der Waals surface area contributed by atoms with Gasteiger partial charge < -0.3 is 40.2 Å². The number of benzene rings is 6. The molecule has 2 aromatic heterocycles. The van der Waals surface area contributed by atoms with E-state index in [4.69, 9.17) is 24.2 Å². The molecule has 0 saturated heterocycles. The maximum absolute atomic E-state index is 12.7. The van der Waals surface area contributed by atoms with Crippen LogP contribution >= 0.6 is 0 Å². The number of pyridine rings is 2. The smallest absolute Gasteiger partial charge is 0.326 e. The summed E-state index contributed by atoms with van der Waals surface area (Å²) in [6.45, 7) is 3.35. The summed E-state index contributed by atoms with van der Waals surface area (Å²) in [4.78, 5) is 60.6. The molecule has 0 saturated carbocycles. The first-order chi connectivity index (χ1) is 32.0. The molecule has 1 unspecified atom stereocenters. The van der Waals surface area contributed by atoms with Gasteiger partial charge in [-0.2, -0.15) is 0 Å². The van der Waals surface area contributed by atoms with Gasteiger partial charge in [-0.3, -0.25) is 14.4 Å². The number of aromatic nitrogens is 2. The number of fused-ring (bicyclic) bond motifs is 4. The molecule has 1 atom stereocenters. The number of carboxylic acids is 1. The highest BCUT2D eigenvalue weighted by atomic mass is 16.6. The lowest BCUT2D eigenvalue weighted by molar-refractivity contribution is -0.160. The van der Waals surface area contributed by atoms with Crippen LogP contribution in [0.2, 0.25) is 0 Å². The fourth-order valence-corrected chi connectivity index (χ4v) is 7.68. The van der Waals surface area contributed by atoms with Crippen molar-refractivity contribution in [3.63, 3.8) is 0 Å². The minimum atomic E-state index is -0.996. The molecule has 0 aliphatic heterocycles. The van der Waals surface area contributed by atoms with E-state index in [-0.39, 0.29) is 38.6 Å². The summed E-state index contributed by atoms with van der Waals surface area (Å²) in [7, 11) is 1.68. The molecule has 6 aromatic carbocycles. The molecule has 0 aliphatic rings. The number of nitrogens with zero attached hydrogens (tertiary/aromatic N) is 3. The van der Waals surface area contributed by atoms with Crippen LogP contribution in [-0.4, -0.2) is 65.2 Å². The quantitative estimate of drug-likeness (QED) is 0.0277. The van der Waals surface area contributed by atoms with E-state index in [9.17, 15) is 24.3 Å². The number of rotatable bonds is 18. The second kappa shape index (κ2) is 20.2. The maximum atomic E-state index is 12.7. The summed E-state index contributed by atoms with van der Waals surface area (Å²) in [5.41, 5.74) is 8.34. The number of carbonyl (C=O) groups excluding carboxylic acids is 3. The van der Waals surface area contributed by atoms with Gasteiger partial charge >= 0.3 is 17.9 Å². The van der Waals surface area contributed by atoms with Crippen molar-refractivity contribution in [3.05, 3.63) is 139 Å². The largest absolute Gasteiger partial charge is 0.493 e. The summed E-state index contributed by atoms with van der Waals surface area (Å²) >= 11 is 0. The second-order valence-corrected chi connectivity index (χ2v) is 15.8. The molecule has 14 nitrogen and oxygen atoms in total. The van der Waals surface area contributed by atoms with Crippen LogP contribution < -0.4 is 25.6 Å². The van der Waals surface area contributed by atoms with Crippen LogP contribution in [0.25, 0.3) is 43.6 Å². The third-order valence-corrected chi connectivity index (χ3v) is 11.0. The minimum absolute atomic E-state index is 0.0446. The Morgan fingerprint density at radius 3 is 1.67 bits per heavy atom. The predicted molar refractivity (Wildman–Crippen MR) is 258 cm³/mol. The number of esters is 2. The molecule has 2 heterocycles. The van der Waals surface area contributed by atoms with Crippen molar-refractivity contribution < 1.29 is 38.5 Å². The molecule has 0 aliphatic carbocycles. The maximum Gasteiger partial charge on any atom is 0.326 e. The van der Waals surface area contributed by atoms with Crippen molar-refractivity contribution in [2.75, 3.05) is 41.1 Å². The van der Waals surface area contributed by atoms with Gasteiger partial charge in [0.1, 0.15) is 11.8 Å². The summed E-state index contributed by atoms with van der Waals surface area (Å²) in [5.74, 6) is -2.26. The Labute approximate surface area is 380 Å². The normalized spacial score (nSPS) is 11.6. The number of nitrogens with one attached hydrogen (secondary N) is 3. The summed E-state index contributed by atoms with van der Waals surface area (Å²) < 4.78 is 17.0. The molecule has 0 radical (unpaired) electrons. The highest BCUT2D eigenvalue weighted by molar-refractivity contribution is 6.10. The first-order valence-electron chi connectivity index (χ1n) is 21.5. The van der Waals surface area contributed by atoms with Gasteiger partial charge in [-0.05, 0) is 67.4 Å². The average molecular weight is 885 g/mol. The highest BCUT2D eigenvalue weighted by Gasteiger charge is 2.20. The van der Waals surface area contributed by atoms with E-state index in [1.165, 1.54) is 6.92 Å². The van der Waals surface area contributed by atoms with Gasteiger partial charge in [0, 0.05) is 83.4 Å². The van der Waals surface area contributed by atoms with Crippen molar-refractivity contribution in [2.24, 2.45) is 0 Å². The third kappa shape index (κ3) is 10.6. The van der Waals surface area contributed by atoms with Crippen LogP contribution in [-0.2, 0) is 35.3 Å². The van der Waals surface area contributed by atoms with Crippen LogP contribution in [0, 0.1) is 0 Å². The van der Waals surface area contributed by atoms with Crippen molar-refractivity contribution in [3.8, 4) is 5.75 Å². The summed E-state index contributed by atoms with van der Waals surface area (Å²) in [5, 5.41) is 23.4. The Balaban J connectivity index is 0.861. The summed E-state index contributed by atoms with van der Waals surface area (Å²) in [6.07, 6.45) is 0.0559. The van der Waals surface area contributed by atoms with Crippen molar-refractivity contribution in [1.29, 1.82) is 0 Å². The topological polar surface area (TPSA) is 181 Å². The molecular formula is C52H48N6O8. The molecule has 14 heteroatoms. The Hall–Kier alpha value is -8.10. The van der Waals surface area contributed by atoms with E-state index in [0.717, 1.165) is 66.2 Å². The van der Waals surface area contributed by atoms with E-state index in [0.29, 0.717) is 29.2 Å². The number of carbonyl (C=O) groups is 4. The number of hydrogen-bond acceptors (Lipinski definition) is 12. The third-order valence-electron chi connectivity index (χ3n) is 11.0. The van der Waals surface area contributed by atoms with E-state index < -0.39 is 23.9 Å². The number of carboxylic acid groups (broad SMARTS) is 1. The monoisotopic (exact) mass is 884 g/mol. The number of para-hydroxylation sites is 4. The van der Waals surface area contributed by atoms with Gasteiger partial charge in [0.25, 0.3) is 0 Å². The van der Waals surface area contributed by atoms with Gasteiger partial charge in [0.2, 0.25) is 5.91 Å². The molecular weight excluding hydrogens is 837 g/mol. The number of anilines is 6. The van der Waals surface area contributed by atoms with Gasteiger partial charge in [-0.15, -0.1) is 0 Å². The minimum Gasteiger partial charge on any atom is -0.493 e. The fraction of sp³-hybridized carbons (Fsp3) is 0.192. The first-order valence-corrected chi connectivity index (χ1v) is 21.5. The van der Waals surface area contributed by atoms with Crippen LogP contribution in [0.1, 0.15) is 38.7 Å². The zero-order valence-electron chi connectivity index (χ0n) is 36.7. The van der Waals surface area contributed by atoms with Crippen LogP contribution in [0.3, 0.4) is 0 Å². The molecule has 66 heavy (non-hydrogen) atoms. The molecule has 4 N–H and O–H groups in total. The van der Waals surface area contributed by atoms with Crippen LogP contribution in [0.5, 0.6) is 5.75 Å². The Morgan fingerprint density at radius 2 is 1.14 bits per heavy atom. The lowest BCUT2D eigenvalue weighted by Crippen LogP contribution is -2.35.